The number of hydrogen-bond acceptors (Lipinski definition) is 4. The summed E-state index contributed by atoms with van der Waals surface area (Å²) in [6, 6.07) is 1.79. The molecule has 62 valence electrons. The smallest absolute Gasteiger partial charge is 0.325 e. The predicted octanol–water partition coefficient (Wildman–Crippen LogP) is 0.336. The largest absolute Gasteiger partial charge is 0.465 e. The van der Waals surface area contributed by atoms with Crippen LogP contribution in [0.4, 0.5) is 0 Å². The molecule has 0 aromatic carbocycles. The number of nitrogens with zero attached hydrogens (tertiary/aromatic N) is 1. The highest BCUT2D eigenvalue weighted by atomic mass is 16.5. The van der Waals surface area contributed by atoms with Crippen LogP contribution in [0.5, 0.6) is 0 Å². The monoisotopic (exact) mass is 157 g/mol. The summed E-state index contributed by atoms with van der Waals surface area (Å²) in [5.74, 6) is -1.31. The van der Waals surface area contributed by atoms with E-state index in [0.29, 0.717) is 6.61 Å². The first-order valence-corrected chi connectivity index (χ1v) is 3.31. The lowest BCUT2D eigenvalue weighted by molar-refractivity contribution is -0.147. The van der Waals surface area contributed by atoms with Crippen LogP contribution >= 0.6 is 0 Å². The Kier molecular flexibility index (Phi) is 5.13. The number of carbonyl (C=O) groups excluding carboxylic acids is 1. The Balaban J connectivity index is 3.84. The highest BCUT2D eigenvalue weighted by molar-refractivity contribution is 5.75. The maximum Gasteiger partial charge on any atom is 0.325 e. The SMILES string of the molecule is CCOC(=O)C(C#N)COC. The van der Waals surface area contributed by atoms with Crippen LogP contribution in [-0.2, 0) is 14.3 Å². The van der Waals surface area contributed by atoms with E-state index in [1.165, 1.54) is 7.11 Å². The first-order chi connectivity index (χ1) is 5.26. The number of esters is 1. The molecule has 0 aliphatic rings. The fourth-order valence-corrected chi connectivity index (χ4v) is 0.568. The normalized spacial score (nSPS) is 11.7. The fraction of sp³-hybridized carbons (Fsp3) is 0.714. The van der Waals surface area contributed by atoms with Gasteiger partial charge in [0.05, 0.1) is 19.3 Å². The molecular formula is C7H11NO3. The second-order valence-corrected chi connectivity index (χ2v) is 1.89. The molecule has 0 aliphatic carbocycles. The second-order valence-electron chi connectivity index (χ2n) is 1.89. The molecule has 1 atom stereocenters. The third-order valence-electron chi connectivity index (χ3n) is 1.06. The Labute approximate surface area is 65.7 Å². The van der Waals surface area contributed by atoms with Gasteiger partial charge >= 0.3 is 5.97 Å². The van der Waals surface area contributed by atoms with Crippen molar-refractivity contribution in [3.8, 4) is 6.07 Å². The van der Waals surface area contributed by atoms with E-state index in [0.717, 1.165) is 0 Å². The molecule has 4 heteroatoms. The Bertz CT molecular complexity index is 162. The topological polar surface area (TPSA) is 59.3 Å². The van der Waals surface area contributed by atoms with Crippen LogP contribution in [0, 0.1) is 17.2 Å². The van der Waals surface area contributed by atoms with Gasteiger partial charge in [0.25, 0.3) is 0 Å². The summed E-state index contributed by atoms with van der Waals surface area (Å²) in [6.07, 6.45) is 0. The van der Waals surface area contributed by atoms with Crippen molar-refractivity contribution in [1.82, 2.24) is 0 Å². The van der Waals surface area contributed by atoms with Crippen LogP contribution in [0.2, 0.25) is 0 Å². The van der Waals surface area contributed by atoms with E-state index in [9.17, 15) is 4.79 Å². The van der Waals surface area contributed by atoms with E-state index >= 15 is 0 Å². The van der Waals surface area contributed by atoms with E-state index in [-0.39, 0.29) is 6.61 Å². The Morgan fingerprint density at radius 2 is 2.36 bits per heavy atom. The fourth-order valence-electron chi connectivity index (χ4n) is 0.568. The van der Waals surface area contributed by atoms with Crippen molar-refractivity contribution in [2.24, 2.45) is 5.92 Å². The van der Waals surface area contributed by atoms with Gasteiger partial charge in [0.15, 0.2) is 5.92 Å². The Morgan fingerprint density at radius 1 is 1.73 bits per heavy atom. The van der Waals surface area contributed by atoms with Crippen molar-refractivity contribution in [1.29, 1.82) is 5.26 Å². The third-order valence-corrected chi connectivity index (χ3v) is 1.06. The number of rotatable bonds is 4. The van der Waals surface area contributed by atoms with E-state index in [4.69, 9.17) is 5.26 Å². The van der Waals surface area contributed by atoms with Gasteiger partial charge in [0, 0.05) is 7.11 Å². The number of hydrogen-bond donors (Lipinski definition) is 0. The van der Waals surface area contributed by atoms with Gasteiger partial charge in [-0.15, -0.1) is 0 Å². The van der Waals surface area contributed by atoms with E-state index < -0.39 is 11.9 Å². The highest BCUT2D eigenvalue weighted by Crippen LogP contribution is 1.97. The molecule has 0 aromatic heterocycles. The summed E-state index contributed by atoms with van der Waals surface area (Å²) in [7, 11) is 1.43. The molecule has 0 bridgehead atoms. The first-order valence-electron chi connectivity index (χ1n) is 3.31. The van der Waals surface area contributed by atoms with E-state index in [2.05, 4.69) is 9.47 Å². The molecule has 11 heavy (non-hydrogen) atoms. The summed E-state index contributed by atoms with van der Waals surface area (Å²) in [5.41, 5.74) is 0. The molecule has 0 aromatic rings. The van der Waals surface area contributed by atoms with E-state index in [1.54, 1.807) is 13.0 Å². The molecular weight excluding hydrogens is 146 g/mol. The zero-order chi connectivity index (χ0) is 8.69. The first kappa shape index (κ1) is 9.92. The molecule has 0 saturated heterocycles. The molecule has 0 radical (unpaired) electrons. The van der Waals surface area contributed by atoms with Crippen LogP contribution in [0.15, 0.2) is 0 Å². The number of nitriles is 1. The minimum absolute atomic E-state index is 0.0926. The quantitative estimate of drug-likeness (QED) is 0.552. The molecule has 0 heterocycles. The van der Waals surface area contributed by atoms with Gasteiger partial charge in [-0.2, -0.15) is 5.26 Å². The predicted molar refractivity (Wildman–Crippen MR) is 37.6 cm³/mol. The maximum atomic E-state index is 10.8. The van der Waals surface area contributed by atoms with Crippen molar-refractivity contribution >= 4 is 5.97 Å². The standard InChI is InChI=1S/C7H11NO3/c1-3-11-7(9)6(4-8)5-10-2/h6H,3,5H2,1-2H3. The second kappa shape index (κ2) is 5.69. The molecule has 1 unspecified atom stereocenters. The summed E-state index contributed by atoms with van der Waals surface area (Å²) in [6.45, 7) is 2.08. The number of methoxy groups -OCH3 is 1. The molecule has 0 N–H and O–H groups in total. The zero-order valence-corrected chi connectivity index (χ0v) is 6.66. The summed E-state index contributed by atoms with van der Waals surface area (Å²) in [5, 5.41) is 8.42. The summed E-state index contributed by atoms with van der Waals surface area (Å²) in [4.78, 5) is 10.8. The molecule has 0 fully saturated rings. The Morgan fingerprint density at radius 3 is 2.73 bits per heavy atom. The van der Waals surface area contributed by atoms with Crippen LogP contribution in [-0.4, -0.2) is 26.3 Å². The van der Waals surface area contributed by atoms with Crippen LogP contribution in [0.1, 0.15) is 6.92 Å². The minimum Gasteiger partial charge on any atom is -0.465 e. The van der Waals surface area contributed by atoms with Crippen molar-refractivity contribution < 1.29 is 14.3 Å². The number of carbonyl (C=O) groups is 1. The molecule has 0 spiro atoms. The van der Waals surface area contributed by atoms with E-state index in [1.807, 2.05) is 0 Å². The van der Waals surface area contributed by atoms with Gasteiger partial charge in [-0.1, -0.05) is 0 Å². The van der Waals surface area contributed by atoms with Gasteiger partial charge in [0.2, 0.25) is 0 Å². The highest BCUT2D eigenvalue weighted by Gasteiger charge is 2.18. The van der Waals surface area contributed by atoms with Gasteiger partial charge < -0.3 is 9.47 Å². The average Bonchev–Trinajstić information content (AvgIpc) is 2.00. The van der Waals surface area contributed by atoms with Gasteiger partial charge in [-0.05, 0) is 6.92 Å². The van der Waals surface area contributed by atoms with Gasteiger partial charge in [0.1, 0.15) is 0 Å². The van der Waals surface area contributed by atoms with Crippen LogP contribution < -0.4 is 0 Å². The molecule has 0 saturated carbocycles. The Hall–Kier alpha value is -1.08. The van der Waals surface area contributed by atoms with Crippen molar-refractivity contribution in [2.75, 3.05) is 20.3 Å². The summed E-state index contributed by atoms with van der Waals surface area (Å²) >= 11 is 0. The number of ether oxygens (including phenoxy) is 2. The average molecular weight is 157 g/mol. The maximum absolute atomic E-state index is 10.8. The van der Waals surface area contributed by atoms with Crippen molar-refractivity contribution in [3.63, 3.8) is 0 Å². The molecule has 0 aliphatic heterocycles. The zero-order valence-electron chi connectivity index (χ0n) is 6.66. The lowest BCUT2D eigenvalue weighted by Gasteiger charge is -2.05. The van der Waals surface area contributed by atoms with Gasteiger partial charge in [-0.25, -0.2) is 0 Å². The molecule has 0 rings (SSSR count). The van der Waals surface area contributed by atoms with Crippen LogP contribution in [0.3, 0.4) is 0 Å². The van der Waals surface area contributed by atoms with Crippen molar-refractivity contribution in [2.45, 2.75) is 6.92 Å². The molecule has 0 amide bonds. The molecule has 4 nitrogen and oxygen atoms in total. The minimum atomic E-state index is -0.792. The lowest BCUT2D eigenvalue weighted by atomic mass is 10.2. The van der Waals surface area contributed by atoms with Crippen LogP contribution in [0.25, 0.3) is 0 Å². The third kappa shape index (κ3) is 3.58. The van der Waals surface area contributed by atoms with Gasteiger partial charge in [-0.3, -0.25) is 4.79 Å². The summed E-state index contributed by atoms with van der Waals surface area (Å²) < 4.78 is 9.25. The lowest BCUT2D eigenvalue weighted by Crippen LogP contribution is -2.20. The van der Waals surface area contributed by atoms with Crippen molar-refractivity contribution in [3.05, 3.63) is 0 Å².